The predicted octanol–water partition coefficient (Wildman–Crippen LogP) is 3.92. The Hall–Kier alpha value is -1.09. The topological polar surface area (TPSA) is 21.3 Å². The molecule has 0 spiro atoms. The Kier molecular flexibility index (Phi) is 6.13. The van der Waals surface area contributed by atoms with Crippen LogP contribution in [0, 0.1) is 11.7 Å². The van der Waals surface area contributed by atoms with Crippen LogP contribution in [-0.4, -0.2) is 13.7 Å². The van der Waals surface area contributed by atoms with Gasteiger partial charge in [-0.05, 0) is 30.2 Å². The van der Waals surface area contributed by atoms with Crippen molar-refractivity contribution in [3.63, 3.8) is 0 Å². The first-order valence-corrected chi connectivity index (χ1v) is 6.74. The lowest BCUT2D eigenvalue weighted by atomic mass is 9.88. The summed E-state index contributed by atoms with van der Waals surface area (Å²) >= 11 is 0. The third-order valence-corrected chi connectivity index (χ3v) is 3.48. The highest BCUT2D eigenvalue weighted by atomic mass is 19.1. The number of ether oxygens (including phenoxy) is 1. The maximum Gasteiger partial charge on any atom is 0.165 e. The molecule has 102 valence electrons. The number of halogens is 1. The molecule has 1 atom stereocenters. The maximum atomic E-state index is 13.8. The van der Waals surface area contributed by atoms with Crippen molar-refractivity contribution in [2.24, 2.45) is 5.92 Å². The zero-order valence-corrected chi connectivity index (χ0v) is 11.8. The minimum absolute atomic E-state index is 0.213. The van der Waals surface area contributed by atoms with Crippen molar-refractivity contribution in [3.8, 4) is 5.75 Å². The molecule has 0 radical (unpaired) electrons. The molecule has 0 aliphatic rings. The van der Waals surface area contributed by atoms with Crippen LogP contribution in [0.5, 0.6) is 5.75 Å². The summed E-state index contributed by atoms with van der Waals surface area (Å²) in [6.07, 6.45) is 2.17. The van der Waals surface area contributed by atoms with Crippen molar-refractivity contribution in [1.82, 2.24) is 5.32 Å². The summed E-state index contributed by atoms with van der Waals surface area (Å²) in [6.45, 7) is 7.32. The molecule has 3 heteroatoms. The van der Waals surface area contributed by atoms with Crippen LogP contribution < -0.4 is 10.1 Å². The van der Waals surface area contributed by atoms with Gasteiger partial charge in [-0.2, -0.15) is 0 Å². The molecule has 2 nitrogen and oxygen atoms in total. The van der Waals surface area contributed by atoms with Gasteiger partial charge in [-0.1, -0.05) is 39.7 Å². The first kappa shape index (κ1) is 15.0. The predicted molar refractivity (Wildman–Crippen MR) is 73.4 cm³/mol. The highest BCUT2D eigenvalue weighted by Crippen LogP contribution is 2.29. The van der Waals surface area contributed by atoms with Gasteiger partial charge in [0.1, 0.15) is 0 Å². The van der Waals surface area contributed by atoms with E-state index < -0.39 is 0 Å². The van der Waals surface area contributed by atoms with Gasteiger partial charge in [-0.25, -0.2) is 4.39 Å². The lowest BCUT2D eigenvalue weighted by Gasteiger charge is -2.26. The second kappa shape index (κ2) is 7.37. The van der Waals surface area contributed by atoms with Gasteiger partial charge in [0.25, 0.3) is 0 Å². The fourth-order valence-electron chi connectivity index (χ4n) is 2.41. The lowest BCUT2D eigenvalue weighted by molar-refractivity contribution is 0.343. The average molecular weight is 253 g/mol. The summed E-state index contributed by atoms with van der Waals surface area (Å²) in [4.78, 5) is 0. The van der Waals surface area contributed by atoms with E-state index in [1.54, 1.807) is 12.1 Å². The van der Waals surface area contributed by atoms with Gasteiger partial charge in [-0.3, -0.25) is 0 Å². The number of methoxy groups -OCH3 is 1. The molecule has 0 heterocycles. The molecule has 0 saturated carbocycles. The Morgan fingerprint density at radius 2 is 1.89 bits per heavy atom. The number of benzene rings is 1. The largest absolute Gasteiger partial charge is 0.494 e. The summed E-state index contributed by atoms with van der Waals surface area (Å²) in [5.41, 5.74) is 1.00. The van der Waals surface area contributed by atoms with E-state index in [-0.39, 0.29) is 11.9 Å². The Morgan fingerprint density at radius 3 is 2.33 bits per heavy atom. The Bertz CT molecular complexity index is 364. The molecule has 1 N–H and O–H groups in total. The van der Waals surface area contributed by atoms with Crippen LogP contribution in [0.4, 0.5) is 4.39 Å². The van der Waals surface area contributed by atoms with Crippen molar-refractivity contribution < 1.29 is 9.13 Å². The van der Waals surface area contributed by atoms with Gasteiger partial charge in [0, 0.05) is 6.04 Å². The second-order valence-electron chi connectivity index (χ2n) is 4.51. The molecule has 0 saturated heterocycles. The van der Waals surface area contributed by atoms with Crippen LogP contribution in [0.15, 0.2) is 18.2 Å². The lowest BCUT2D eigenvalue weighted by Crippen LogP contribution is -2.27. The number of nitrogens with one attached hydrogen (secondary N) is 1. The average Bonchev–Trinajstić information content (AvgIpc) is 2.39. The fourth-order valence-corrected chi connectivity index (χ4v) is 2.41. The summed E-state index contributed by atoms with van der Waals surface area (Å²) in [7, 11) is 1.49. The zero-order valence-electron chi connectivity index (χ0n) is 11.8. The highest BCUT2D eigenvalue weighted by molar-refractivity contribution is 5.31. The smallest absolute Gasteiger partial charge is 0.165 e. The van der Waals surface area contributed by atoms with E-state index in [0.717, 1.165) is 24.9 Å². The van der Waals surface area contributed by atoms with E-state index in [0.29, 0.717) is 11.7 Å². The summed E-state index contributed by atoms with van der Waals surface area (Å²) < 4.78 is 18.7. The fraction of sp³-hybridized carbons (Fsp3) is 0.600. The third kappa shape index (κ3) is 3.45. The van der Waals surface area contributed by atoms with Crippen molar-refractivity contribution in [2.75, 3.05) is 13.7 Å². The van der Waals surface area contributed by atoms with E-state index in [1.165, 1.54) is 7.11 Å². The SMILES string of the molecule is CCNC(c1ccc(OC)c(F)c1)C(CC)CC. The molecule has 18 heavy (non-hydrogen) atoms. The van der Waals surface area contributed by atoms with Crippen molar-refractivity contribution in [3.05, 3.63) is 29.6 Å². The van der Waals surface area contributed by atoms with E-state index in [2.05, 4.69) is 26.1 Å². The van der Waals surface area contributed by atoms with Crippen molar-refractivity contribution >= 4 is 0 Å². The van der Waals surface area contributed by atoms with E-state index in [1.807, 2.05) is 6.07 Å². The van der Waals surface area contributed by atoms with Gasteiger partial charge in [-0.15, -0.1) is 0 Å². The monoisotopic (exact) mass is 253 g/mol. The van der Waals surface area contributed by atoms with Crippen LogP contribution in [-0.2, 0) is 0 Å². The molecule has 1 aromatic carbocycles. The molecule has 0 bridgehead atoms. The summed E-state index contributed by atoms with van der Waals surface area (Å²) in [5, 5.41) is 3.46. The second-order valence-corrected chi connectivity index (χ2v) is 4.51. The Morgan fingerprint density at radius 1 is 1.22 bits per heavy atom. The first-order chi connectivity index (χ1) is 8.67. The van der Waals surface area contributed by atoms with E-state index in [9.17, 15) is 4.39 Å². The number of hydrogen-bond acceptors (Lipinski definition) is 2. The molecule has 0 aliphatic heterocycles. The molecule has 1 unspecified atom stereocenters. The maximum absolute atomic E-state index is 13.8. The number of hydrogen-bond donors (Lipinski definition) is 1. The minimum Gasteiger partial charge on any atom is -0.494 e. The zero-order chi connectivity index (χ0) is 13.5. The van der Waals surface area contributed by atoms with Gasteiger partial charge >= 0.3 is 0 Å². The third-order valence-electron chi connectivity index (χ3n) is 3.48. The molecule has 1 aromatic rings. The van der Waals surface area contributed by atoms with Crippen LogP contribution in [0.2, 0.25) is 0 Å². The molecule has 1 rings (SSSR count). The van der Waals surface area contributed by atoms with Crippen LogP contribution in [0.1, 0.15) is 45.2 Å². The quantitative estimate of drug-likeness (QED) is 0.795. The molecule has 0 aliphatic carbocycles. The van der Waals surface area contributed by atoms with Crippen molar-refractivity contribution in [1.29, 1.82) is 0 Å². The first-order valence-electron chi connectivity index (χ1n) is 6.74. The normalized spacial score (nSPS) is 12.8. The molecular formula is C15H24FNO. The van der Waals surface area contributed by atoms with E-state index >= 15 is 0 Å². The van der Waals surface area contributed by atoms with E-state index in [4.69, 9.17) is 4.74 Å². The summed E-state index contributed by atoms with van der Waals surface area (Å²) in [5.74, 6) is 0.542. The number of rotatable bonds is 7. The standard InChI is InChI=1S/C15H24FNO/c1-5-11(6-2)15(17-7-3)12-8-9-14(18-4)13(16)10-12/h8-11,15,17H,5-7H2,1-4H3. The van der Waals surface area contributed by atoms with Gasteiger partial charge < -0.3 is 10.1 Å². The molecule has 0 aromatic heterocycles. The van der Waals surface area contributed by atoms with Gasteiger partial charge in [0.15, 0.2) is 11.6 Å². The highest BCUT2D eigenvalue weighted by Gasteiger charge is 2.20. The Balaban J connectivity index is 3.01. The van der Waals surface area contributed by atoms with Gasteiger partial charge in [0.2, 0.25) is 0 Å². The molecule has 0 amide bonds. The van der Waals surface area contributed by atoms with Crippen molar-refractivity contribution in [2.45, 2.75) is 39.7 Å². The van der Waals surface area contributed by atoms with Crippen LogP contribution >= 0.6 is 0 Å². The summed E-state index contributed by atoms with van der Waals surface area (Å²) in [6, 6.07) is 5.46. The molecular weight excluding hydrogens is 229 g/mol. The van der Waals surface area contributed by atoms with Crippen LogP contribution in [0.3, 0.4) is 0 Å². The Labute approximate surface area is 110 Å². The van der Waals surface area contributed by atoms with Crippen LogP contribution in [0.25, 0.3) is 0 Å². The minimum atomic E-state index is -0.288. The molecule has 0 fully saturated rings. The van der Waals surface area contributed by atoms with Gasteiger partial charge in [0.05, 0.1) is 7.11 Å².